The molecule has 2 rings (SSSR count). The van der Waals surface area contributed by atoms with E-state index >= 15 is 0 Å². The fraction of sp³-hybridized carbons (Fsp3) is 0.591. The summed E-state index contributed by atoms with van der Waals surface area (Å²) in [5.74, 6) is -1.12. The first-order valence-corrected chi connectivity index (χ1v) is 10.2. The molecule has 2 amide bonds. The van der Waals surface area contributed by atoms with Crippen molar-refractivity contribution in [1.29, 1.82) is 0 Å². The predicted molar refractivity (Wildman–Crippen MR) is 109 cm³/mol. The molecule has 1 aliphatic carbocycles. The third-order valence-electron chi connectivity index (χ3n) is 5.05. The maximum absolute atomic E-state index is 12.6. The second-order valence-corrected chi connectivity index (χ2v) is 8.69. The second kappa shape index (κ2) is 10.3. The quantitative estimate of drug-likeness (QED) is 0.648. The summed E-state index contributed by atoms with van der Waals surface area (Å²) in [6.07, 6.45) is 2.82. The lowest BCUT2D eigenvalue weighted by molar-refractivity contribution is -0.142. The van der Waals surface area contributed by atoms with Crippen molar-refractivity contribution in [3.05, 3.63) is 35.9 Å². The molecule has 1 aromatic carbocycles. The van der Waals surface area contributed by atoms with Gasteiger partial charge in [0, 0.05) is 18.9 Å². The third-order valence-corrected chi connectivity index (χ3v) is 5.05. The van der Waals surface area contributed by atoms with Gasteiger partial charge in [-0.15, -0.1) is 0 Å². The minimum atomic E-state index is -1.03. The summed E-state index contributed by atoms with van der Waals surface area (Å²) in [6.45, 7) is 5.98. The van der Waals surface area contributed by atoms with Crippen LogP contribution in [0, 0.1) is 11.8 Å². The predicted octanol–water partition coefficient (Wildman–Crippen LogP) is 3.13. The molecule has 0 bridgehead atoms. The number of benzene rings is 1. The van der Waals surface area contributed by atoms with Gasteiger partial charge in [0.05, 0.1) is 0 Å². The van der Waals surface area contributed by atoms with Gasteiger partial charge in [-0.2, -0.15) is 0 Å². The molecule has 1 fully saturated rings. The molecule has 1 aliphatic rings. The number of alkyl carbamates (subject to hydrolysis) is 1. The van der Waals surface area contributed by atoms with E-state index in [-0.39, 0.29) is 18.2 Å². The van der Waals surface area contributed by atoms with E-state index in [1.807, 2.05) is 51.1 Å². The number of nitrogens with one attached hydrogen (secondary N) is 2. The first-order chi connectivity index (χ1) is 13.6. The van der Waals surface area contributed by atoms with E-state index < -0.39 is 23.7 Å². The molecular weight excluding hydrogens is 372 g/mol. The summed E-state index contributed by atoms with van der Waals surface area (Å²) in [6, 6.07) is 8.34. The van der Waals surface area contributed by atoms with Gasteiger partial charge in [0.15, 0.2) is 0 Å². The summed E-state index contributed by atoms with van der Waals surface area (Å²) < 4.78 is 5.23. The minimum absolute atomic E-state index is 0.189. The molecule has 1 saturated carbocycles. The van der Waals surface area contributed by atoms with E-state index in [9.17, 15) is 19.5 Å². The average molecular weight is 405 g/mol. The van der Waals surface area contributed by atoms with Crippen molar-refractivity contribution in [2.24, 2.45) is 11.8 Å². The Morgan fingerprint density at radius 1 is 1.10 bits per heavy atom. The second-order valence-electron chi connectivity index (χ2n) is 8.69. The summed E-state index contributed by atoms with van der Waals surface area (Å²) >= 11 is 0. The van der Waals surface area contributed by atoms with Crippen LogP contribution < -0.4 is 10.6 Å². The van der Waals surface area contributed by atoms with Gasteiger partial charge in [0.25, 0.3) is 0 Å². The number of carbonyl (C=O) groups excluding carboxylic acids is 2. The van der Waals surface area contributed by atoms with E-state index in [0.717, 1.165) is 18.4 Å². The van der Waals surface area contributed by atoms with Crippen molar-refractivity contribution in [2.75, 3.05) is 6.54 Å². The molecule has 160 valence electrons. The van der Waals surface area contributed by atoms with Gasteiger partial charge in [-0.05, 0) is 57.9 Å². The fourth-order valence-electron chi connectivity index (χ4n) is 3.51. The van der Waals surface area contributed by atoms with E-state index in [2.05, 4.69) is 10.6 Å². The molecule has 0 saturated heterocycles. The lowest BCUT2D eigenvalue weighted by atomic mass is 9.81. The van der Waals surface area contributed by atoms with Crippen molar-refractivity contribution in [3.63, 3.8) is 0 Å². The number of ether oxygens (including phenoxy) is 1. The van der Waals surface area contributed by atoms with E-state index in [0.29, 0.717) is 25.3 Å². The summed E-state index contributed by atoms with van der Waals surface area (Å²) in [5.41, 5.74) is 0.345. The molecule has 1 atom stereocenters. The number of hydrogen-bond donors (Lipinski definition) is 3. The Balaban J connectivity index is 1.77. The fourth-order valence-corrected chi connectivity index (χ4v) is 3.51. The van der Waals surface area contributed by atoms with Gasteiger partial charge < -0.3 is 20.5 Å². The van der Waals surface area contributed by atoms with E-state index in [1.54, 1.807) is 0 Å². The number of carbonyl (C=O) groups is 3. The Bertz CT molecular complexity index is 691. The number of hydrogen-bond acceptors (Lipinski definition) is 4. The van der Waals surface area contributed by atoms with Crippen LogP contribution in [0.1, 0.15) is 52.0 Å². The van der Waals surface area contributed by atoms with E-state index in [4.69, 9.17) is 4.74 Å². The highest BCUT2D eigenvalue weighted by molar-refractivity contribution is 5.85. The Kier molecular flexibility index (Phi) is 8.05. The van der Waals surface area contributed by atoms with Crippen LogP contribution in [-0.4, -0.2) is 41.3 Å². The standard InChI is InChI=1S/C22H32N2O5/c1-22(2,3)29-21(28)23-14-16-9-11-17(12-10-16)19(25)24-18(20(26)27)13-15-7-5-4-6-8-15/h4-8,16-18H,9-14H2,1-3H3,(H,23,28)(H,24,25)(H,26,27). The van der Waals surface area contributed by atoms with Crippen LogP contribution in [0.25, 0.3) is 0 Å². The van der Waals surface area contributed by atoms with E-state index in [1.165, 1.54) is 0 Å². The maximum atomic E-state index is 12.6. The van der Waals surface area contributed by atoms with Crippen LogP contribution in [0.15, 0.2) is 30.3 Å². The maximum Gasteiger partial charge on any atom is 0.407 e. The lowest BCUT2D eigenvalue weighted by Crippen LogP contribution is -2.46. The van der Waals surface area contributed by atoms with Gasteiger partial charge in [0.1, 0.15) is 11.6 Å². The van der Waals surface area contributed by atoms with Crippen molar-refractivity contribution in [1.82, 2.24) is 10.6 Å². The number of amides is 2. The summed E-state index contributed by atoms with van der Waals surface area (Å²) in [7, 11) is 0. The first-order valence-electron chi connectivity index (χ1n) is 10.2. The molecule has 7 heteroatoms. The average Bonchev–Trinajstić information content (AvgIpc) is 2.65. The monoisotopic (exact) mass is 404 g/mol. The van der Waals surface area contributed by atoms with Crippen LogP contribution in [0.2, 0.25) is 0 Å². The van der Waals surface area contributed by atoms with Gasteiger partial charge in [-0.1, -0.05) is 30.3 Å². The first kappa shape index (κ1) is 22.7. The molecule has 0 radical (unpaired) electrons. The molecular formula is C22H32N2O5. The Morgan fingerprint density at radius 3 is 2.28 bits per heavy atom. The van der Waals surface area contributed by atoms with Crippen LogP contribution in [0.3, 0.4) is 0 Å². The van der Waals surface area contributed by atoms with Gasteiger partial charge in [-0.3, -0.25) is 4.79 Å². The van der Waals surface area contributed by atoms with Crippen LogP contribution >= 0.6 is 0 Å². The topological polar surface area (TPSA) is 105 Å². The third kappa shape index (κ3) is 8.13. The zero-order chi connectivity index (χ0) is 21.4. The molecule has 0 heterocycles. The number of carboxylic acid groups (broad SMARTS) is 1. The normalized spacial score (nSPS) is 20.4. The van der Waals surface area contributed by atoms with Crippen molar-refractivity contribution < 1.29 is 24.2 Å². The molecule has 0 spiro atoms. The van der Waals surface area contributed by atoms with Gasteiger partial charge >= 0.3 is 12.1 Å². The Morgan fingerprint density at radius 2 is 1.72 bits per heavy atom. The molecule has 0 aliphatic heterocycles. The molecule has 1 unspecified atom stereocenters. The van der Waals surface area contributed by atoms with Crippen LogP contribution in [0.4, 0.5) is 4.79 Å². The van der Waals surface area contributed by atoms with Gasteiger partial charge in [-0.25, -0.2) is 9.59 Å². The van der Waals surface area contributed by atoms with Crippen LogP contribution in [-0.2, 0) is 20.7 Å². The zero-order valence-electron chi connectivity index (χ0n) is 17.4. The van der Waals surface area contributed by atoms with Crippen molar-refractivity contribution in [2.45, 2.75) is 64.5 Å². The molecule has 29 heavy (non-hydrogen) atoms. The highest BCUT2D eigenvalue weighted by atomic mass is 16.6. The molecule has 1 aromatic rings. The lowest BCUT2D eigenvalue weighted by Gasteiger charge is -2.29. The van der Waals surface area contributed by atoms with Crippen LogP contribution in [0.5, 0.6) is 0 Å². The number of aliphatic carboxylic acids is 1. The summed E-state index contributed by atoms with van der Waals surface area (Å²) in [4.78, 5) is 35.9. The highest BCUT2D eigenvalue weighted by Crippen LogP contribution is 2.28. The summed E-state index contributed by atoms with van der Waals surface area (Å²) in [5, 5.41) is 14.9. The van der Waals surface area contributed by atoms with Crippen molar-refractivity contribution >= 4 is 18.0 Å². The highest BCUT2D eigenvalue weighted by Gasteiger charge is 2.30. The molecule has 7 nitrogen and oxygen atoms in total. The zero-order valence-corrected chi connectivity index (χ0v) is 17.4. The Hall–Kier alpha value is -2.57. The Labute approximate surface area is 172 Å². The largest absolute Gasteiger partial charge is 0.480 e. The van der Waals surface area contributed by atoms with Gasteiger partial charge in [0.2, 0.25) is 5.91 Å². The molecule has 3 N–H and O–H groups in total. The van der Waals surface area contributed by atoms with Crippen molar-refractivity contribution in [3.8, 4) is 0 Å². The smallest absolute Gasteiger partial charge is 0.407 e. The SMILES string of the molecule is CC(C)(C)OC(=O)NCC1CCC(C(=O)NC(Cc2ccccc2)C(=O)O)CC1. The number of rotatable bonds is 7. The number of carboxylic acids is 1. The molecule has 0 aromatic heterocycles. The minimum Gasteiger partial charge on any atom is -0.480 e.